The molecular weight excluding hydrogens is 312 g/mol. The van der Waals surface area contributed by atoms with Gasteiger partial charge in [-0.25, -0.2) is 4.98 Å². The zero-order valence-electron chi connectivity index (χ0n) is 13.8. The molecule has 0 amide bonds. The van der Waals surface area contributed by atoms with Crippen LogP contribution in [0.3, 0.4) is 0 Å². The smallest absolute Gasteiger partial charge is 0.222 e. The molecule has 4 rings (SSSR count). The van der Waals surface area contributed by atoms with Crippen LogP contribution in [0.1, 0.15) is 18.6 Å². The highest BCUT2D eigenvalue weighted by atomic mass is 16.5. The molecule has 0 fully saturated rings. The van der Waals surface area contributed by atoms with E-state index in [-0.39, 0.29) is 12.1 Å². The number of anilines is 2. The number of ether oxygens (including phenoxy) is 1. The molecule has 0 aliphatic carbocycles. The van der Waals surface area contributed by atoms with E-state index >= 15 is 0 Å². The Morgan fingerprint density at radius 2 is 1.64 bits per heavy atom. The molecule has 0 bridgehead atoms. The second-order valence-electron chi connectivity index (χ2n) is 5.95. The highest BCUT2D eigenvalue weighted by Crippen LogP contribution is 2.34. The third kappa shape index (κ3) is 2.70. The summed E-state index contributed by atoms with van der Waals surface area (Å²) >= 11 is 0. The van der Waals surface area contributed by atoms with E-state index in [4.69, 9.17) is 16.2 Å². The molecule has 0 saturated heterocycles. The molecule has 0 radical (unpaired) electrons. The number of fused-ring (bicyclic) bond motifs is 2. The Morgan fingerprint density at radius 1 is 0.880 bits per heavy atom. The van der Waals surface area contributed by atoms with Gasteiger partial charge in [0.1, 0.15) is 17.7 Å². The quantitative estimate of drug-likeness (QED) is 0.591. The molecule has 25 heavy (non-hydrogen) atoms. The van der Waals surface area contributed by atoms with Gasteiger partial charge < -0.3 is 16.2 Å². The number of benzene rings is 3. The average molecular weight is 330 g/mol. The number of nitrogens with two attached hydrogens (primary N) is 2. The van der Waals surface area contributed by atoms with Crippen LogP contribution in [0.5, 0.6) is 5.75 Å². The number of rotatable bonds is 3. The highest BCUT2D eigenvalue weighted by molar-refractivity contribution is 5.94. The lowest BCUT2D eigenvalue weighted by molar-refractivity contribution is 0.231. The predicted molar refractivity (Wildman–Crippen MR) is 101 cm³/mol. The van der Waals surface area contributed by atoms with Crippen molar-refractivity contribution in [2.75, 3.05) is 11.5 Å². The lowest BCUT2D eigenvalue weighted by Gasteiger charge is -2.18. The molecule has 0 aliphatic heterocycles. The molecule has 1 heterocycles. The number of aromatic nitrogens is 2. The van der Waals surface area contributed by atoms with Gasteiger partial charge in [0.15, 0.2) is 0 Å². The van der Waals surface area contributed by atoms with Gasteiger partial charge in [-0.1, -0.05) is 48.5 Å². The Labute approximate surface area is 145 Å². The van der Waals surface area contributed by atoms with Crippen LogP contribution in [-0.2, 0) is 0 Å². The summed E-state index contributed by atoms with van der Waals surface area (Å²) in [7, 11) is 0. The molecule has 5 nitrogen and oxygen atoms in total. The first-order valence-corrected chi connectivity index (χ1v) is 8.09. The Balaban J connectivity index is 1.78. The number of hydrogen-bond donors (Lipinski definition) is 2. The van der Waals surface area contributed by atoms with E-state index in [1.54, 1.807) is 0 Å². The molecule has 4 aromatic rings. The third-order valence-corrected chi connectivity index (χ3v) is 4.30. The van der Waals surface area contributed by atoms with Crippen molar-refractivity contribution in [3.8, 4) is 5.75 Å². The van der Waals surface area contributed by atoms with Crippen LogP contribution in [-0.4, -0.2) is 9.97 Å². The zero-order chi connectivity index (χ0) is 17.4. The van der Waals surface area contributed by atoms with Gasteiger partial charge in [-0.15, -0.1) is 0 Å². The van der Waals surface area contributed by atoms with Crippen molar-refractivity contribution in [1.82, 2.24) is 9.97 Å². The van der Waals surface area contributed by atoms with Gasteiger partial charge in [0.2, 0.25) is 5.95 Å². The van der Waals surface area contributed by atoms with E-state index in [9.17, 15) is 0 Å². The summed E-state index contributed by atoms with van der Waals surface area (Å²) in [6, 6.07) is 20.1. The van der Waals surface area contributed by atoms with E-state index in [0.717, 1.165) is 5.56 Å². The van der Waals surface area contributed by atoms with E-state index in [0.29, 0.717) is 22.5 Å². The second kappa shape index (κ2) is 5.94. The lowest BCUT2D eigenvalue weighted by Crippen LogP contribution is -2.06. The molecule has 124 valence electrons. The predicted octanol–water partition coefficient (Wildman–Crippen LogP) is 4.09. The molecule has 1 atom stereocenters. The first-order valence-electron chi connectivity index (χ1n) is 8.09. The van der Waals surface area contributed by atoms with Crippen LogP contribution in [0.2, 0.25) is 0 Å². The van der Waals surface area contributed by atoms with Crippen LogP contribution in [0.4, 0.5) is 11.8 Å². The summed E-state index contributed by atoms with van der Waals surface area (Å²) in [6.07, 6.45) is -0.159. The maximum atomic E-state index is 6.24. The van der Waals surface area contributed by atoms with Gasteiger partial charge in [0, 0.05) is 0 Å². The first-order chi connectivity index (χ1) is 12.1. The molecule has 0 aliphatic rings. The van der Waals surface area contributed by atoms with Crippen molar-refractivity contribution in [1.29, 1.82) is 0 Å². The fourth-order valence-electron chi connectivity index (χ4n) is 3.15. The molecule has 0 unspecified atom stereocenters. The molecular formula is C20H18N4O. The Hall–Kier alpha value is -3.34. The summed E-state index contributed by atoms with van der Waals surface area (Å²) < 4.78 is 6.24. The highest BCUT2D eigenvalue weighted by Gasteiger charge is 2.15. The number of nitrogens with zero attached hydrogens (tertiary/aromatic N) is 2. The summed E-state index contributed by atoms with van der Waals surface area (Å²) in [5, 5.41) is 3.04. The second-order valence-corrected chi connectivity index (χ2v) is 5.95. The van der Waals surface area contributed by atoms with E-state index in [2.05, 4.69) is 34.2 Å². The standard InChI is InChI=1S/C20H18N4O/c1-12(14-9-4-7-13-6-2-3-8-15(13)14)25-17-11-5-10-16-18(17)19(21)24-20(22)23-16/h2-12H,1H3,(H4,21,22,23,24)/t12-/m0/s1. The Morgan fingerprint density at radius 3 is 2.52 bits per heavy atom. The third-order valence-electron chi connectivity index (χ3n) is 4.30. The minimum Gasteiger partial charge on any atom is -0.485 e. The number of nitrogen functional groups attached to an aromatic ring is 2. The topological polar surface area (TPSA) is 87.0 Å². The van der Waals surface area contributed by atoms with Gasteiger partial charge >= 0.3 is 0 Å². The maximum absolute atomic E-state index is 6.24. The number of hydrogen-bond acceptors (Lipinski definition) is 5. The van der Waals surface area contributed by atoms with Crippen LogP contribution in [0.15, 0.2) is 60.7 Å². The van der Waals surface area contributed by atoms with E-state index in [1.165, 1.54) is 10.8 Å². The van der Waals surface area contributed by atoms with Gasteiger partial charge in [-0.05, 0) is 35.4 Å². The monoisotopic (exact) mass is 330 g/mol. The lowest BCUT2D eigenvalue weighted by atomic mass is 10.0. The fraction of sp³-hybridized carbons (Fsp3) is 0.100. The van der Waals surface area contributed by atoms with Crippen molar-refractivity contribution in [3.63, 3.8) is 0 Å². The van der Waals surface area contributed by atoms with Gasteiger partial charge in [0.05, 0.1) is 10.9 Å². The van der Waals surface area contributed by atoms with Gasteiger partial charge in [0.25, 0.3) is 0 Å². The van der Waals surface area contributed by atoms with Crippen molar-refractivity contribution in [3.05, 3.63) is 66.2 Å². The van der Waals surface area contributed by atoms with Crippen molar-refractivity contribution in [2.24, 2.45) is 0 Å². The van der Waals surface area contributed by atoms with E-state index < -0.39 is 0 Å². The average Bonchev–Trinajstić information content (AvgIpc) is 2.60. The molecule has 0 spiro atoms. The van der Waals surface area contributed by atoms with E-state index in [1.807, 2.05) is 43.3 Å². The summed E-state index contributed by atoms with van der Waals surface area (Å²) in [5.74, 6) is 1.13. The largest absolute Gasteiger partial charge is 0.485 e. The van der Waals surface area contributed by atoms with Crippen LogP contribution >= 0.6 is 0 Å². The van der Waals surface area contributed by atoms with Gasteiger partial charge in [-0.3, -0.25) is 0 Å². The molecule has 5 heteroatoms. The molecule has 0 saturated carbocycles. The minimum atomic E-state index is -0.159. The van der Waals surface area contributed by atoms with Crippen molar-refractivity contribution < 1.29 is 4.74 Å². The van der Waals surface area contributed by atoms with Crippen LogP contribution in [0.25, 0.3) is 21.7 Å². The van der Waals surface area contributed by atoms with Crippen molar-refractivity contribution >= 4 is 33.4 Å². The van der Waals surface area contributed by atoms with Gasteiger partial charge in [-0.2, -0.15) is 4.98 Å². The SMILES string of the molecule is C[C@H](Oc1cccc2nc(N)nc(N)c12)c1cccc2ccccc12. The molecule has 3 aromatic carbocycles. The Bertz CT molecular complexity index is 1070. The summed E-state index contributed by atoms with van der Waals surface area (Å²) in [6.45, 7) is 2.02. The first kappa shape index (κ1) is 15.2. The van der Waals surface area contributed by atoms with Crippen LogP contribution in [0, 0.1) is 0 Å². The van der Waals surface area contributed by atoms with Crippen molar-refractivity contribution in [2.45, 2.75) is 13.0 Å². The minimum absolute atomic E-state index is 0.157. The zero-order valence-corrected chi connectivity index (χ0v) is 13.8. The fourth-order valence-corrected chi connectivity index (χ4v) is 3.15. The Kier molecular flexibility index (Phi) is 3.61. The summed E-state index contributed by atoms with van der Waals surface area (Å²) in [4.78, 5) is 8.29. The maximum Gasteiger partial charge on any atom is 0.222 e. The van der Waals surface area contributed by atoms with Crippen LogP contribution < -0.4 is 16.2 Å². The summed E-state index contributed by atoms with van der Waals surface area (Å²) in [5.41, 5.74) is 13.5. The molecule has 1 aromatic heterocycles. The molecule has 4 N–H and O–H groups in total. The normalized spacial score (nSPS) is 12.4.